The van der Waals surface area contributed by atoms with Gasteiger partial charge in [0, 0.05) is 12.1 Å². The molecule has 1 aliphatic carbocycles. The zero-order valence-corrected chi connectivity index (χ0v) is 11.5. The average Bonchev–Trinajstić information content (AvgIpc) is 3.05. The van der Waals surface area contributed by atoms with Crippen molar-refractivity contribution < 1.29 is 0 Å². The van der Waals surface area contributed by atoms with Gasteiger partial charge in [0.2, 0.25) is 0 Å². The fourth-order valence-electron chi connectivity index (χ4n) is 2.13. The minimum atomic E-state index is 0.713. The molecular formula is C14H30N2. The Hall–Kier alpha value is -0.0800. The Balaban J connectivity index is 1.90. The smallest absolute Gasteiger partial charge is 0.00682 e. The Kier molecular flexibility index (Phi) is 7.06. The molecule has 0 atom stereocenters. The van der Waals surface area contributed by atoms with Gasteiger partial charge in [-0.15, -0.1) is 0 Å². The highest BCUT2D eigenvalue weighted by Gasteiger charge is 2.19. The highest BCUT2D eigenvalue weighted by Crippen LogP contribution is 2.18. The third kappa shape index (κ3) is 6.49. The van der Waals surface area contributed by atoms with E-state index in [1.807, 2.05) is 0 Å². The summed E-state index contributed by atoms with van der Waals surface area (Å²) in [6.45, 7) is 10.7. The molecular weight excluding hydrogens is 196 g/mol. The maximum absolute atomic E-state index is 3.58. The van der Waals surface area contributed by atoms with Gasteiger partial charge < -0.3 is 10.2 Å². The zero-order chi connectivity index (χ0) is 11.8. The maximum atomic E-state index is 3.58. The Morgan fingerprint density at radius 1 is 1.12 bits per heavy atom. The zero-order valence-electron chi connectivity index (χ0n) is 11.5. The van der Waals surface area contributed by atoms with Crippen molar-refractivity contribution in [3.05, 3.63) is 0 Å². The van der Waals surface area contributed by atoms with Crippen LogP contribution in [0.4, 0.5) is 0 Å². The Bertz CT molecular complexity index is 164. The van der Waals surface area contributed by atoms with Gasteiger partial charge in [-0.2, -0.15) is 0 Å². The van der Waals surface area contributed by atoms with Crippen LogP contribution in [0.2, 0.25) is 0 Å². The van der Waals surface area contributed by atoms with Crippen LogP contribution >= 0.6 is 0 Å². The van der Waals surface area contributed by atoms with E-state index >= 15 is 0 Å². The molecule has 0 heterocycles. The molecule has 1 aliphatic rings. The average molecular weight is 226 g/mol. The Labute approximate surface area is 102 Å². The Morgan fingerprint density at radius 2 is 1.88 bits per heavy atom. The molecule has 0 aliphatic heterocycles. The molecule has 0 amide bonds. The van der Waals surface area contributed by atoms with Gasteiger partial charge >= 0.3 is 0 Å². The molecule has 1 fully saturated rings. The quantitative estimate of drug-likeness (QED) is 0.576. The van der Waals surface area contributed by atoms with E-state index < -0.39 is 0 Å². The lowest BCUT2D eigenvalue weighted by Crippen LogP contribution is -2.32. The van der Waals surface area contributed by atoms with E-state index in [9.17, 15) is 0 Å². The third-order valence-corrected chi connectivity index (χ3v) is 3.37. The molecule has 0 radical (unpaired) electrons. The van der Waals surface area contributed by atoms with Crippen LogP contribution in [0, 0.1) is 0 Å². The molecule has 1 rings (SSSR count). The van der Waals surface area contributed by atoms with E-state index in [4.69, 9.17) is 0 Å². The summed E-state index contributed by atoms with van der Waals surface area (Å²) in [5.41, 5.74) is 0. The molecule has 1 N–H and O–H groups in total. The predicted molar refractivity (Wildman–Crippen MR) is 71.9 cm³/mol. The van der Waals surface area contributed by atoms with Crippen molar-refractivity contribution in [3.8, 4) is 0 Å². The second-order valence-electron chi connectivity index (χ2n) is 5.42. The number of unbranched alkanes of at least 4 members (excludes halogenated alkanes) is 2. The molecule has 0 aromatic carbocycles. The van der Waals surface area contributed by atoms with E-state index in [0.29, 0.717) is 6.04 Å². The van der Waals surface area contributed by atoms with E-state index in [1.165, 1.54) is 58.2 Å². The number of hydrogen-bond donors (Lipinski definition) is 1. The highest BCUT2D eigenvalue weighted by molar-refractivity contribution is 4.80. The molecule has 96 valence electrons. The summed E-state index contributed by atoms with van der Waals surface area (Å²) >= 11 is 0. The van der Waals surface area contributed by atoms with Crippen molar-refractivity contribution in [2.24, 2.45) is 0 Å². The lowest BCUT2D eigenvalue weighted by atomic mass is 10.2. The first-order valence-electron chi connectivity index (χ1n) is 7.21. The van der Waals surface area contributed by atoms with Gasteiger partial charge in [-0.3, -0.25) is 0 Å². The molecule has 16 heavy (non-hydrogen) atoms. The first-order valence-corrected chi connectivity index (χ1v) is 7.21. The number of nitrogens with zero attached hydrogens (tertiary/aromatic N) is 1. The minimum absolute atomic E-state index is 0.713. The largest absolute Gasteiger partial charge is 0.314 e. The van der Waals surface area contributed by atoms with Crippen LogP contribution in [0.15, 0.2) is 0 Å². The van der Waals surface area contributed by atoms with Crippen LogP contribution in [0.25, 0.3) is 0 Å². The van der Waals surface area contributed by atoms with E-state index in [1.54, 1.807) is 0 Å². The van der Waals surface area contributed by atoms with Gasteiger partial charge in [-0.05, 0) is 65.6 Å². The molecule has 1 saturated carbocycles. The standard InChI is InChI=1S/C14H30N2/c1-4-11-16(13(2)3)12-7-5-6-10-15-14-8-9-14/h13-15H,4-12H2,1-3H3. The van der Waals surface area contributed by atoms with E-state index in [0.717, 1.165) is 6.04 Å². The highest BCUT2D eigenvalue weighted by atomic mass is 15.1. The van der Waals surface area contributed by atoms with Gasteiger partial charge in [-0.1, -0.05) is 13.3 Å². The van der Waals surface area contributed by atoms with Crippen molar-refractivity contribution in [2.75, 3.05) is 19.6 Å². The molecule has 0 bridgehead atoms. The normalized spacial score (nSPS) is 16.3. The second kappa shape index (κ2) is 8.08. The molecule has 0 spiro atoms. The summed E-state index contributed by atoms with van der Waals surface area (Å²) < 4.78 is 0. The lowest BCUT2D eigenvalue weighted by molar-refractivity contribution is 0.217. The Morgan fingerprint density at radius 3 is 2.44 bits per heavy atom. The first-order chi connectivity index (χ1) is 7.74. The van der Waals surface area contributed by atoms with Crippen LogP contribution in [0.1, 0.15) is 59.3 Å². The maximum Gasteiger partial charge on any atom is 0.00682 e. The molecule has 0 aromatic rings. The second-order valence-corrected chi connectivity index (χ2v) is 5.42. The molecule has 0 saturated heterocycles. The lowest BCUT2D eigenvalue weighted by Gasteiger charge is -2.25. The summed E-state index contributed by atoms with van der Waals surface area (Å²) in [5.74, 6) is 0. The van der Waals surface area contributed by atoms with Crippen molar-refractivity contribution in [1.29, 1.82) is 0 Å². The van der Waals surface area contributed by atoms with Crippen LogP contribution < -0.4 is 5.32 Å². The van der Waals surface area contributed by atoms with Gasteiger partial charge in [-0.25, -0.2) is 0 Å². The summed E-state index contributed by atoms with van der Waals surface area (Å²) in [4.78, 5) is 2.61. The van der Waals surface area contributed by atoms with Crippen molar-refractivity contribution in [3.63, 3.8) is 0 Å². The summed E-state index contributed by atoms with van der Waals surface area (Å²) in [6.07, 6.45) is 8.21. The van der Waals surface area contributed by atoms with Crippen molar-refractivity contribution >= 4 is 0 Å². The number of hydrogen-bond acceptors (Lipinski definition) is 2. The molecule has 2 heteroatoms. The summed E-state index contributed by atoms with van der Waals surface area (Å²) in [5, 5.41) is 3.58. The van der Waals surface area contributed by atoms with Crippen molar-refractivity contribution in [2.45, 2.75) is 71.4 Å². The third-order valence-electron chi connectivity index (χ3n) is 3.37. The van der Waals surface area contributed by atoms with Gasteiger partial charge in [0.25, 0.3) is 0 Å². The SMILES string of the molecule is CCCN(CCCCCNC1CC1)C(C)C. The number of nitrogens with one attached hydrogen (secondary N) is 1. The summed E-state index contributed by atoms with van der Waals surface area (Å²) in [6, 6.07) is 1.59. The van der Waals surface area contributed by atoms with Crippen LogP contribution in [-0.2, 0) is 0 Å². The number of rotatable bonds is 10. The minimum Gasteiger partial charge on any atom is -0.314 e. The first kappa shape index (κ1) is 14.0. The predicted octanol–water partition coefficient (Wildman–Crippen LogP) is 3.03. The van der Waals surface area contributed by atoms with Gasteiger partial charge in [0.15, 0.2) is 0 Å². The topological polar surface area (TPSA) is 15.3 Å². The fraction of sp³-hybridized carbons (Fsp3) is 1.00. The fourth-order valence-corrected chi connectivity index (χ4v) is 2.13. The van der Waals surface area contributed by atoms with Crippen molar-refractivity contribution in [1.82, 2.24) is 10.2 Å². The monoisotopic (exact) mass is 226 g/mol. The van der Waals surface area contributed by atoms with Gasteiger partial charge in [0.05, 0.1) is 0 Å². The van der Waals surface area contributed by atoms with Gasteiger partial charge in [0.1, 0.15) is 0 Å². The molecule has 0 aromatic heterocycles. The van der Waals surface area contributed by atoms with Crippen LogP contribution in [-0.4, -0.2) is 36.6 Å². The van der Waals surface area contributed by atoms with E-state index in [-0.39, 0.29) is 0 Å². The molecule has 0 unspecified atom stereocenters. The van der Waals surface area contributed by atoms with Crippen LogP contribution in [0.3, 0.4) is 0 Å². The van der Waals surface area contributed by atoms with Crippen LogP contribution in [0.5, 0.6) is 0 Å². The van der Waals surface area contributed by atoms with E-state index in [2.05, 4.69) is 31.0 Å². The summed E-state index contributed by atoms with van der Waals surface area (Å²) in [7, 11) is 0. The molecule has 2 nitrogen and oxygen atoms in total.